The van der Waals surface area contributed by atoms with E-state index in [1.54, 1.807) is 12.1 Å². The Labute approximate surface area is 121 Å². The summed E-state index contributed by atoms with van der Waals surface area (Å²) >= 11 is 0. The van der Waals surface area contributed by atoms with Crippen LogP contribution in [0, 0.1) is 5.82 Å². The molecule has 108 valence electrons. The largest absolute Gasteiger partial charge is 0.496 e. The molecule has 0 unspecified atom stereocenters. The molecule has 0 aliphatic carbocycles. The van der Waals surface area contributed by atoms with Crippen LogP contribution in [0.2, 0.25) is 0 Å². The van der Waals surface area contributed by atoms with Crippen LogP contribution in [0.25, 0.3) is 0 Å². The third-order valence-electron chi connectivity index (χ3n) is 3.50. The lowest BCUT2D eigenvalue weighted by atomic mass is 10.1. The zero-order chi connectivity index (χ0) is 14.8. The molecule has 2 aromatic carbocycles. The van der Waals surface area contributed by atoms with E-state index < -0.39 is 11.7 Å². The van der Waals surface area contributed by atoms with Gasteiger partial charge in [-0.25, -0.2) is 4.39 Å². The van der Waals surface area contributed by atoms with Gasteiger partial charge in [-0.3, -0.25) is 4.79 Å². The fraction of sp³-hybridized carbons (Fsp3) is 0.188. The summed E-state index contributed by atoms with van der Waals surface area (Å²) in [5.74, 6) is -0.902. The minimum Gasteiger partial charge on any atom is -0.496 e. The first-order chi connectivity index (χ1) is 10.2. The standard InChI is InChI=1S/C16H15FN2O2/c1-21-14-4-2-3-12(17)15(14)16(20)19-11-5-6-13-10(9-11)7-8-18-13/h2-6,9,18H,7-8H2,1H3,(H,19,20). The molecule has 0 atom stereocenters. The van der Waals surface area contributed by atoms with Crippen molar-refractivity contribution in [2.24, 2.45) is 0 Å². The third kappa shape index (κ3) is 2.54. The Kier molecular flexibility index (Phi) is 3.48. The maximum absolute atomic E-state index is 13.9. The molecule has 1 amide bonds. The van der Waals surface area contributed by atoms with Gasteiger partial charge < -0.3 is 15.4 Å². The van der Waals surface area contributed by atoms with Crippen molar-refractivity contribution in [3.05, 3.63) is 53.3 Å². The first-order valence-electron chi connectivity index (χ1n) is 6.69. The summed E-state index contributed by atoms with van der Waals surface area (Å²) in [6, 6.07) is 9.92. The van der Waals surface area contributed by atoms with E-state index in [1.807, 2.05) is 12.1 Å². The number of halogens is 1. The van der Waals surface area contributed by atoms with E-state index in [0.717, 1.165) is 24.2 Å². The fourth-order valence-electron chi connectivity index (χ4n) is 2.47. The Hall–Kier alpha value is -2.56. The normalized spacial score (nSPS) is 12.5. The molecule has 5 heteroatoms. The van der Waals surface area contributed by atoms with Gasteiger partial charge in [-0.15, -0.1) is 0 Å². The van der Waals surface area contributed by atoms with Crippen molar-refractivity contribution in [2.75, 3.05) is 24.3 Å². The zero-order valence-corrected chi connectivity index (χ0v) is 11.6. The van der Waals surface area contributed by atoms with Crippen LogP contribution in [-0.2, 0) is 6.42 Å². The monoisotopic (exact) mass is 286 g/mol. The van der Waals surface area contributed by atoms with Gasteiger partial charge in [0.15, 0.2) is 0 Å². The molecule has 0 spiro atoms. The summed E-state index contributed by atoms with van der Waals surface area (Å²) in [6.07, 6.45) is 0.919. The van der Waals surface area contributed by atoms with Crippen molar-refractivity contribution >= 4 is 17.3 Å². The van der Waals surface area contributed by atoms with Gasteiger partial charge in [0.1, 0.15) is 17.1 Å². The second-order valence-corrected chi connectivity index (χ2v) is 4.82. The molecule has 2 aromatic rings. The second-order valence-electron chi connectivity index (χ2n) is 4.82. The number of anilines is 2. The molecule has 2 N–H and O–H groups in total. The van der Waals surface area contributed by atoms with E-state index in [0.29, 0.717) is 5.69 Å². The van der Waals surface area contributed by atoms with Crippen LogP contribution in [0.3, 0.4) is 0 Å². The van der Waals surface area contributed by atoms with Crippen molar-refractivity contribution in [2.45, 2.75) is 6.42 Å². The average molecular weight is 286 g/mol. The highest BCUT2D eigenvalue weighted by atomic mass is 19.1. The number of fused-ring (bicyclic) bond motifs is 1. The van der Waals surface area contributed by atoms with E-state index in [9.17, 15) is 9.18 Å². The molecule has 21 heavy (non-hydrogen) atoms. The Morgan fingerprint density at radius 3 is 3.00 bits per heavy atom. The number of rotatable bonds is 3. The lowest BCUT2D eigenvalue weighted by Crippen LogP contribution is -2.15. The minimum atomic E-state index is -0.602. The fourth-order valence-corrected chi connectivity index (χ4v) is 2.47. The molecule has 0 saturated carbocycles. The number of hydrogen-bond donors (Lipinski definition) is 2. The van der Waals surface area contributed by atoms with Gasteiger partial charge in [0.05, 0.1) is 7.11 Å². The molecular weight excluding hydrogens is 271 g/mol. The zero-order valence-electron chi connectivity index (χ0n) is 11.6. The molecule has 0 radical (unpaired) electrons. The van der Waals surface area contributed by atoms with Crippen molar-refractivity contribution in [1.82, 2.24) is 0 Å². The van der Waals surface area contributed by atoms with E-state index in [1.165, 1.54) is 19.2 Å². The highest BCUT2D eigenvalue weighted by Gasteiger charge is 2.18. The number of nitrogens with one attached hydrogen (secondary N) is 2. The Morgan fingerprint density at radius 2 is 2.19 bits per heavy atom. The van der Waals surface area contributed by atoms with E-state index >= 15 is 0 Å². The predicted molar refractivity (Wildman–Crippen MR) is 79.5 cm³/mol. The van der Waals surface area contributed by atoms with Gasteiger partial charge in [-0.05, 0) is 42.3 Å². The number of carbonyl (C=O) groups is 1. The van der Waals surface area contributed by atoms with Crippen LogP contribution in [0.15, 0.2) is 36.4 Å². The Bertz CT molecular complexity index is 701. The lowest BCUT2D eigenvalue weighted by Gasteiger charge is -2.11. The third-order valence-corrected chi connectivity index (χ3v) is 3.50. The molecule has 0 bridgehead atoms. The van der Waals surface area contributed by atoms with Gasteiger partial charge >= 0.3 is 0 Å². The molecule has 3 rings (SSSR count). The van der Waals surface area contributed by atoms with Gasteiger partial charge in [-0.2, -0.15) is 0 Å². The molecule has 0 saturated heterocycles. The van der Waals surface area contributed by atoms with Gasteiger partial charge in [-0.1, -0.05) is 6.07 Å². The van der Waals surface area contributed by atoms with Crippen LogP contribution in [0.1, 0.15) is 15.9 Å². The van der Waals surface area contributed by atoms with Gasteiger partial charge in [0.2, 0.25) is 0 Å². The van der Waals surface area contributed by atoms with Gasteiger partial charge in [0.25, 0.3) is 5.91 Å². The second kappa shape index (κ2) is 5.44. The van der Waals surface area contributed by atoms with Crippen LogP contribution in [-0.4, -0.2) is 19.6 Å². The lowest BCUT2D eigenvalue weighted by molar-refractivity contribution is 0.102. The topological polar surface area (TPSA) is 50.4 Å². The Balaban J connectivity index is 1.87. The van der Waals surface area contributed by atoms with Crippen LogP contribution in [0.5, 0.6) is 5.75 Å². The first kappa shape index (κ1) is 13.4. The minimum absolute atomic E-state index is 0.0846. The van der Waals surface area contributed by atoms with E-state index in [2.05, 4.69) is 10.6 Å². The number of methoxy groups -OCH3 is 1. The molecule has 0 fully saturated rings. The summed E-state index contributed by atoms with van der Waals surface area (Å²) < 4.78 is 18.9. The highest BCUT2D eigenvalue weighted by Crippen LogP contribution is 2.27. The van der Waals surface area contributed by atoms with Crippen molar-refractivity contribution in [3.63, 3.8) is 0 Å². The van der Waals surface area contributed by atoms with E-state index in [-0.39, 0.29) is 11.3 Å². The van der Waals surface area contributed by atoms with Crippen LogP contribution >= 0.6 is 0 Å². The molecule has 1 heterocycles. The van der Waals surface area contributed by atoms with E-state index in [4.69, 9.17) is 4.74 Å². The number of benzene rings is 2. The summed E-state index contributed by atoms with van der Waals surface area (Å²) in [5.41, 5.74) is 2.79. The predicted octanol–water partition coefficient (Wildman–Crippen LogP) is 3.05. The molecular formula is C16H15FN2O2. The molecule has 4 nitrogen and oxygen atoms in total. The van der Waals surface area contributed by atoms with Crippen molar-refractivity contribution in [3.8, 4) is 5.75 Å². The summed E-state index contributed by atoms with van der Waals surface area (Å²) in [6.45, 7) is 0.897. The van der Waals surface area contributed by atoms with Crippen molar-refractivity contribution in [1.29, 1.82) is 0 Å². The molecule has 1 aliphatic rings. The Morgan fingerprint density at radius 1 is 1.33 bits per heavy atom. The number of carbonyl (C=O) groups excluding carboxylic acids is 1. The van der Waals surface area contributed by atoms with Crippen molar-refractivity contribution < 1.29 is 13.9 Å². The van der Waals surface area contributed by atoms with Crippen LogP contribution in [0.4, 0.5) is 15.8 Å². The summed E-state index contributed by atoms with van der Waals surface area (Å²) in [7, 11) is 1.41. The quantitative estimate of drug-likeness (QED) is 0.911. The maximum atomic E-state index is 13.9. The maximum Gasteiger partial charge on any atom is 0.262 e. The first-order valence-corrected chi connectivity index (χ1v) is 6.69. The average Bonchev–Trinajstić information content (AvgIpc) is 2.94. The highest BCUT2D eigenvalue weighted by molar-refractivity contribution is 6.06. The molecule has 0 aromatic heterocycles. The number of amides is 1. The molecule has 1 aliphatic heterocycles. The number of hydrogen-bond acceptors (Lipinski definition) is 3. The summed E-state index contributed by atoms with van der Waals surface area (Å²) in [4.78, 5) is 12.3. The smallest absolute Gasteiger partial charge is 0.262 e. The summed E-state index contributed by atoms with van der Waals surface area (Å²) in [5, 5.41) is 5.96. The number of ether oxygens (including phenoxy) is 1. The van der Waals surface area contributed by atoms with Gasteiger partial charge in [0, 0.05) is 17.9 Å². The van der Waals surface area contributed by atoms with Crippen LogP contribution < -0.4 is 15.4 Å². The SMILES string of the molecule is COc1cccc(F)c1C(=O)Nc1ccc2c(c1)CCN2.